The molecule has 0 spiro atoms. The maximum absolute atomic E-state index is 13.4. The number of para-hydroxylation sites is 2. The summed E-state index contributed by atoms with van der Waals surface area (Å²) < 4.78 is 1.95. The third-order valence-corrected chi connectivity index (χ3v) is 7.19. The van der Waals surface area contributed by atoms with E-state index in [1.807, 2.05) is 45.9 Å². The second-order valence-corrected chi connectivity index (χ2v) is 9.36. The van der Waals surface area contributed by atoms with E-state index in [-0.39, 0.29) is 11.7 Å². The minimum atomic E-state index is 0.0142. The van der Waals surface area contributed by atoms with Gasteiger partial charge in [-0.05, 0) is 49.7 Å². The molecule has 0 bridgehead atoms. The monoisotopic (exact) mass is 444 g/mol. The van der Waals surface area contributed by atoms with Crippen LogP contribution in [0.3, 0.4) is 0 Å². The molecule has 0 saturated carbocycles. The lowest BCUT2D eigenvalue weighted by molar-refractivity contribution is -0.115. The van der Waals surface area contributed by atoms with Crippen LogP contribution in [0.2, 0.25) is 0 Å². The van der Waals surface area contributed by atoms with Crippen LogP contribution in [0.1, 0.15) is 11.1 Å². The normalized spacial score (nSPS) is 12.4. The first-order valence-corrected chi connectivity index (χ1v) is 11.7. The Labute approximate surface area is 189 Å². The Hall–Kier alpha value is -3.03. The Morgan fingerprint density at radius 1 is 0.935 bits per heavy atom. The highest BCUT2D eigenvalue weighted by Gasteiger charge is 2.28. The molecule has 7 heteroatoms. The molecule has 3 aromatic carbocycles. The Morgan fingerprint density at radius 2 is 1.61 bits per heavy atom. The van der Waals surface area contributed by atoms with E-state index in [2.05, 4.69) is 54.4 Å². The summed E-state index contributed by atoms with van der Waals surface area (Å²) in [6, 6.07) is 22.3. The number of hydrogen-bond donors (Lipinski definition) is 0. The van der Waals surface area contributed by atoms with Gasteiger partial charge in [0.15, 0.2) is 5.16 Å². The van der Waals surface area contributed by atoms with Crippen molar-refractivity contribution >= 4 is 40.8 Å². The van der Waals surface area contributed by atoms with E-state index < -0.39 is 0 Å². The molecular formula is C24H20N4OS2. The van der Waals surface area contributed by atoms with Crippen molar-refractivity contribution in [2.24, 2.45) is 0 Å². The molecular weight excluding hydrogens is 424 g/mol. The number of fused-ring (bicyclic) bond motifs is 2. The Morgan fingerprint density at radius 3 is 2.29 bits per heavy atom. The van der Waals surface area contributed by atoms with Gasteiger partial charge in [-0.2, -0.15) is 0 Å². The lowest BCUT2D eigenvalue weighted by atomic mass is 10.1. The average Bonchev–Trinajstić information content (AvgIpc) is 3.24. The Bertz CT molecular complexity index is 1240. The number of aromatic nitrogens is 3. The number of nitrogens with zero attached hydrogens (tertiary/aromatic N) is 4. The molecule has 1 amide bonds. The van der Waals surface area contributed by atoms with E-state index in [0.29, 0.717) is 5.16 Å². The highest BCUT2D eigenvalue weighted by Crippen LogP contribution is 2.48. The highest BCUT2D eigenvalue weighted by atomic mass is 32.2. The number of benzene rings is 3. The van der Waals surface area contributed by atoms with Crippen molar-refractivity contribution in [2.75, 3.05) is 10.7 Å². The van der Waals surface area contributed by atoms with Crippen LogP contribution in [0, 0.1) is 13.8 Å². The molecule has 0 atom stereocenters. The smallest absolute Gasteiger partial charge is 0.242 e. The van der Waals surface area contributed by atoms with Crippen LogP contribution in [-0.4, -0.2) is 26.4 Å². The number of rotatable bonds is 4. The topological polar surface area (TPSA) is 51.0 Å². The van der Waals surface area contributed by atoms with Crippen molar-refractivity contribution in [3.05, 3.63) is 84.2 Å². The van der Waals surface area contributed by atoms with Gasteiger partial charge in [0.25, 0.3) is 0 Å². The van der Waals surface area contributed by atoms with Gasteiger partial charge in [-0.1, -0.05) is 65.5 Å². The highest BCUT2D eigenvalue weighted by molar-refractivity contribution is 8.00. The lowest BCUT2D eigenvalue weighted by Gasteiger charge is -2.30. The zero-order valence-corrected chi connectivity index (χ0v) is 18.8. The van der Waals surface area contributed by atoms with Crippen LogP contribution < -0.4 is 4.90 Å². The molecule has 1 aliphatic rings. The van der Waals surface area contributed by atoms with Crippen molar-refractivity contribution in [1.82, 2.24) is 14.8 Å². The van der Waals surface area contributed by atoms with Crippen LogP contribution in [0.15, 0.2) is 88.0 Å². The Kier molecular flexibility index (Phi) is 5.29. The van der Waals surface area contributed by atoms with Crippen LogP contribution in [0.5, 0.6) is 0 Å². The first-order chi connectivity index (χ1) is 15.1. The van der Waals surface area contributed by atoms with Gasteiger partial charge >= 0.3 is 0 Å². The van der Waals surface area contributed by atoms with E-state index in [4.69, 9.17) is 0 Å². The number of aryl methyl sites for hydroxylation is 2. The van der Waals surface area contributed by atoms with Gasteiger partial charge in [-0.15, -0.1) is 10.2 Å². The standard InChI is InChI=1S/C24H20N4OS2/c1-16-11-12-18(17(2)13-16)27-15-25-26-24(27)30-14-23(29)28-19-7-3-5-9-21(19)31-22-10-6-4-8-20(22)28/h3-13,15H,14H2,1-2H3. The molecule has 2 heterocycles. The molecule has 5 nitrogen and oxygen atoms in total. The predicted octanol–water partition coefficient (Wildman–Crippen LogP) is 5.81. The largest absolute Gasteiger partial charge is 0.278 e. The lowest BCUT2D eigenvalue weighted by Crippen LogP contribution is -2.30. The molecule has 0 aliphatic carbocycles. The second-order valence-electron chi connectivity index (χ2n) is 7.33. The fourth-order valence-corrected chi connectivity index (χ4v) is 5.56. The average molecular weight is 445 g/mol. The number of amides is 1. The SMILES string of the molecule is Cc1ccc(-n2cnnc2SCC(=O)N2c3ccccc3Sc3ccccc32)c(C)c1. The number of anilines is 2. The fourth-order valence-electron chi connectivity index (χ4n) is 3.73. The van der Waals surface area contributed by atoms with Gasteiger partial charge in [-0.3, -0.25) is 14.3 Å². The number of thioether (sulfide) groups is 1. The number of hydrogen-bond acceptors (Lipinski definition) is 5. The van der Waals surface area contributed by atoms with Gasteiger partial charge in [0, 0.05) is 9.79 Å². The third-order valence-electron chi connectivity index (χ3n) is 5.13. The van der Waals surface area contributed by atoms with Gasteiger partial charge in [-0.25, -0.2) is 0 Å². The van der Waals surface area contributed by atoms with Crippen molar-refractivity contribution in [2.45, 2.75) is 28.8 Å². The van der Waals surface area contributed by atoms with Crippen LogP contribution in [0.25, 0.3) is 5.69 Å². The molecule has 154 valence electrons. The molecule has 0 saturated heterocycles. The quantitative estimate of drug-likeness (QED) is 0.372. The number of carbonyl (C=O) groups is 1. The summed E-state index contributed by atoms with van der Waals surface area (Å²) in [6.45, 7) is 4.14. The maximum atomic E-state index is 13.4. The van der Waals surface area contributed by atoms with Gasteiger partial charge < -0.3 is 0 Å². The van der Waals surface area contributed by atoms with Gasteiger partial charge in [0.05, 0.1) is 22.8 Å². The molecule has 0 fully saturated rings. The summed E-state index contributed by atoms with van der Waals surface area (Å²) >= 11 is 3.10. The van der Waals surface area contributed by atoms with Crippen LogP contribution in [0.4, 0.5) is 11.4 Å². The summed E-state index contributed by atoms with van der Waals surface area (Å²) in [6.07, 6.45) is 1.70. The summed E-state index contributed by atoms with van der Waals surface area (Å²) in [4.78, 5) is 17.4. The van der Waals surface area contributed by atoms with Crippen molar-refractivity contribution in [3.63, 3.8) is 0 Å². The van der Waals surface area contributed by atoms with Crippen molar-refractivity contribution in [1.29, 1.82) is 0 Å². The zero-order valence-electron chi connectivity index (χ0n) is 17.1. The van der Waals surface area contributed by atoms with Crippen LogP contribution >= 0.6 is 23.5 Å². The number of carbonyl (C=O) groups excluding carboxylic acids is 1. The van der Waals surface area contributed by atoms with E-state index in [0.717, 1.165) is 32.4 Å². The van der Waals surface area contributed by atoms with Crippen molar-refractivity contribution in [3.8, 4) is 5.69 Å². The van der Waals surface area contributed by atoms with Crippen molar-refractivity contribution < 1.29 is 4.79 Å². The predicted molar refractivity (Wildman–Crippen MR) is 126 cm³/mol. The third kappa shape index (κ3) is 3.75. The minimum absolute atomic E-state index is 0.0142. The zero-order chi connectivity index (χ0) is 21.4. The summed E-state index contributed by atoms with van der Waals surface area (Å²) in [5, 5.41) is 9.05. The fraction of sp³-hybridized carbons (Fsp3) is 0.125. The van der Waals surface area contributed by atoms with E-state index >= 15 is 0 Å². The summed E-state index contributed by atoms with van der Waals surface area (Å²) in [5.74, 6) is 0.275. The minimum Gasteiger partial charge on any atom is -0.278 e. The molecule has 0 radical (unpaired) electrons. The molecule has 1 aromatic heterocycles. The van der Waals surface area contributed by atoms with E-state index in [1.165, 1.54) is 17.3 Å². The molecule has 0 unspecified atom stereocenters. The van der Waals surface area contributed by atoms with Gasteiger partial charge in [0.1, 0.15) is 6.33 Å². The van der Waals surface area contributed by atoms with E-state index in [9.17, 15) is 4.79 Å². The Balaban J connectivity index is 1.42. The maximum Gasteiger partial charge on any atom is 0.242 e. The first kappa shape index (κ1) is 19.9. The molecule has 31 heavy (non-hydrogen) atoms. The second kappa shape index (κ2) is 8.24. The van der Waals surface area contributed by atoms with E-state index in [1.54, 1.807) is 18.1 Å². The first-order valence-electron chi connectivity index (χ1n) is 9.91. The van der Waals surface area contributed by atoms with Gasteiger partial charge in [0.2, 0.25) is 5.91 Å². The molecule has 0 N–H and O–H groups in total. The molecule has 4 aromatic rings. The van der Waals surface area contributed by atoms with Crippen LogP contribution in [-0.2, 0) is 4.79 Å². The summed E-state index contributed by atoms with van der Waals surface area (Å²) in [7, 11) is 0. The summed E-state index contributed by atoms with van der Waals surface area (Å²) in [5.41, 5.74) is 5.22. The molecule has 1 aliphatic heterocycles. The molecule has 5 rings (SSSR count).